The minimum Gasteiger partial charge on any atom is -0.384 e. The zero-order valence-corrected chi connectivity index (χ0v) is 17.7. The van der Waals surface area contributed by atoms with Crippen LogP contribution in [0.5, 0.6) is 0 Å². The van der Waals surface area contributed by atoms with E-state index in [9.17, 15) is 10.1 Å². The SMILES string of the molecule is COCCc1nc(N2CCN(C(=O)C3CC3)[C@H](C)C2)nc(-c2cnn(C)c2)c1C#N. The van der Waals surface area contributed by atoms with Gasteiger partial charge in [0.1, 0.15) is 11.6 Å². The van der Waals surface area contributed by atoms with E-state index in [0.717, 1.165) is 18.4 Å². The van der Waals surface area contributed by atoms with E-state index in [0.29, 0.717) is 55.6 Å². The number of anilines is 1. The van der Waals surface area contributed by atoms with E-state index in [-0.39, 0.29) is 17.9 Å². The van der Waals surface area contributed by atoms with Gasteiger partial charge in [-0.15, -0.1) is 0 Å². The first-order valence-corrected chi connectivity index (χ1v) is 10.4. The van der Waals surface area contributed by atoms with Gasteiger partial charge >= 0.3 is 0 Å². The monoisotopic (exact) mass is 409 g/mol. The molecule has 4 rings (SSSR count). The summed E-state index contributed by atoms with van der Waals surface area (Å²) in [5.74, 6) is 1.09. The standard InChI is InChI=1S/C21H27N7O2/c1-14-12-27(7-8-28(14)20(29)15-4-5-15)21-24-18(6-9-30-3)17(10-22)19(25-21)16-11-23-26(2)13-16/h11,13-15H,4-9,12H2,1-3H3/t14-/m1/s1. The number of aryl methyl sites for hydroxylation is 1. The smallest absolute Gasteiger partial charge is 0.226 e. The highest BCUT2D eigenvalue weighted by Crippen LogP contribution is 2.33. The summed E-state index contributed by atoms with van der Waals surface area (Å²) >= 11 is 0. The van der Waals surface area contributed by atoms with Crippen LogP contribution in [0.2, 0.25) is 0 Å². The fourth-order valence-corrected chi connectivity index (χ4v) is 3.92. The molecule has 1 atom stereocenters. The maximum Gasteiger partial charge on any atom is 0.226 e. The molecule has 3 heterocycles. The Kier molecular flexibility index (Phi) is 5.68. The van der Waals surface area contributed by atoms with Gasteiger partial charge in [-0.25, -0.2) is 9.97 Å². The number of carbonyl (C=O) groups is 1. The molecule has 0 bridgehead atoms. The Morgan fingerprint density at radius 1 is 1.33 bits per heavy atom. The largest absolute Gasteiger partial charge is 0.384 e. The molecule has 0 spiro atoms. The number of amides is 1. The molecule has 1 saturated heterocycles. The highest BCUT2D eigenvalue weighted by atomic mass is 16.5. The number of rotatable bonds is 6. The third kappa shape index (κ3) is 4.00. The number of ether oxygens (including phenoxy) is 1. The first-order valence-electron chi connectivity index (χ1n) is 10.4. The maximum absolute atomic E-state index is 12.5. The number of nitriles is 1. The molecule has 9 heteroatoms. The Morgan fingerprint density at radius 3 is 2.73 bits per heavy atom. The molecule has 2 aromatic rings. The van der Waals surface area contributed by atoms with Crippen molar-refractivity contribution in [2.24, 2.45) is 13.0 Å². The number of carbonyl (C=O) groups excluding carboxylic acids is 1. The second kappa shape index (κ2) is 8.40. The van der Waals surface area contributed by atoms with Crippen LogP contribution >= 0.6 is 0 Å². The van der Waals surface area contributed by atoms with Gasteiger partial charge in [0.05, 0.1) is 24.2 Å². The molecule has 1 aliphatic heterocycles. The highest BCUT2D eigenvalue weighted by molar-refractivity contribution is 5.81. The lowest BCUT2D eigenvalue weighted by molar-refractivity contribution is -0.134. The molecule has 2 aliphatic rings. The van der Waals surface area contributed by atoms with Crippen molar-refractivity contribution in [3.8, 4) is 17.3 Å². The van der Waals surface area contributed by atoms with Crippen molar-refractivity contribution in [2.75, 3.05) is 38.3 Å². The van der Waals surface area contributed by atoms with Crippen molar-refractivity contribution in [1.82, 2.24) is 24.6 Å². The first-order chi connectivity index (χ1) is 14.5. The number of nitrogens with zero attached hydrogens (tertiary/aromatic N) is 7. The summed E-state index contributed by atoms with van der Waals surface area (Å²) in [5, 5.41) is 14.0. The van der Waals surface area contributed by atoms with Crippen LogP contribution in [-0.4, -0.2) is 69.9 Å². The van der Waals surface area contributed by atoms with Crippen LogP contribution in [0.3, 0.4) is 0 Å². The number of hydrogen-bond acceptors (Lipinski definition) is 7. The fraction of sp³-hybridized carbons (Fsp3) is 0.571. The lowest BCUT2D eigenvalue weighted by Gasteiger charge is -2.40. The molecule has 30 heavy (non-hydrogen) atoms. The van der Waals surface area contributed by atoms with Crippen molar-refractivity contribution < 1.29 is 9.53 Å². The minimum atomic E-state index is 0.0929. The highest BCUT2D eigenvalue weighted by Gasteiger charge is 2.37. The summed E-state index contributed by atoms with van der Waals surface area (Å²) in [4.78, 5) is 26.1. The lowest BCUT2D eigenvalue weighted by Crippen LogP contribution is -2.55. The van der Waals surface area contributed by atoms with Gasteiger partial charge in [-0.1, -0.05) is 0 Å². The summed E-state index contributed by atoms with van der Waals surface area (Å²) < 4.78 is 6.91. The molecule has 158 valence electrons. The Hall–Kier alpha value is -2.99. The lowest BCUT2D eigenvalue weighted by atomic mass is 10.1. The van der Waals surface area contributed by atoms with Gasteiger partial charge in [0.15, 0.2) is 0 Å². The number of aromatic nitrogens is 4. The number of piperazine rings is 1. The van der Waals surface area contributed by atoms with Crippen LogP contribution in [-0.2, 0) is 23.0 Å². The molecule has 0 unspecified atom stereocenters. The molecule has 1 aliphatic carbocycles. The fourth-order valence-electron chi connectivity index (χ4n) is 3.92. The summed E-state index contributed by atoms with van der Waals surface area (Å²) in [6, 6.07) is 2.37. The molecule has 1 saturated carbocycles. The number of hydrogen-bond donors (Lipinski definition) is 0. The first kappa shape index (κ1) is 20.3. The summed E-state index contributed by atoms with van der Waals surface area (Å²) in [5.41, 5.74) is 2.50. The molecule has 1 amide bonds. The van der Waals surface area contributed by atoms with E-state index in [1.54, 1.807) is 18.0 Å². The van der Waals surface area contributed by atoms with E-state index in [4.69, 9.17) is 14.7 Å². The van der Waals surface area contributed by atoms with Gasteiger partial charge in [0.2, 0.25) is 11.9 Å². The van der Waals surface area contributed by atoms with Crippen LogP contribution in [0.25, 0.3) is 11.3 Å². The van der Waals surface area contributed by atoms with Crippen molar-refractivity contribution >= 4 is 11.9 Å². The van der Waals surface area contributed by atoms with Gasteiger partial charge in [0, 0.05) is 63.9 Å². The van der Waals surface area contributed by atoms with Crippen LogP contribution in [0.4, 0.5) is 5.95 Å². The topological polar surface area (TPSA) is 100 Å². The Bertz CT molecular complexity index is 976. The zero-order chi connectivity index (χ0) is 21.3. The van der Waals surface area contributed by atoms with Crippen molar-refractivity contribution in [3.63, 3.8) is 0 Å². The van der Waals surface area contributed by atoms with Gasteiger partial charge < -0.3 is 14.5 Å². The molecule has 0 N–H and O–H groups in total. The van der Waals surface area contributed by atoms with E-state index >= 15 is 0 Å². The normalized spacial score (nSPS) is 19.1. The third-order valence-corrected chi connectivity index (χ3v) is 5.73. The van der Waals surface area contributed by atoms with Gasteiger partial charge in [0.25, 0.3) is 0 Å². The van der Waals surface area contributed by atoms with Crippen LogP contribution in [0, 0.1) is 17.2 Å². The zero-order valence-electron chi connectivity index (χ0n) is 17.7. The second-order valence-electron chi connectivity index (χ2n) is 8.05. The molecule has 2 aromatic heterocycles. The van der Waals surface area contributed by atoms with Crippen LogP contribution in [0.15, 0.2) is 12.4 Å². The van der Waals surface area contributed by atoms with E-state index in [2.05, 4.69) is 23.0 Å². The van der Waals surface area contributed by atoms with Crippen LogP contribution < -0.4 is 4.90 Å². The number of methoxy groups -OCH3 is 1. The third-order valence-electron chi connectivity index (χ3n) is 5.73. The van der Waals surface area contributed by atoms with E-state index in [1.807, 2.05) is 18.1 Å². The quantitative estimate of drug-likeness (QED) is 0.711. The minimum absolute atomic E-state index is 0.0929. The van der Waals surface area contributed by atoms with Crippen LogP contribution in [0.1, 0.15) is 31.0 Å². The Labute approximate surface area is 176 Å². The average Bonchev–Trinajstić information content (AvgIpc) is 3.51. The maximum atomic E-state index is 12.5. The predicted molar refractivity (Wildman–Crippen MR) is 111 cm³/mol. The average molecular weight is 409 g/mol. The van der Waals surface area contributed by atoms with Gasteiger partial charge in [-0.05, 0) is 19.8 Å². The molecule has 0 aromatic carbocycles. The molecule has 2 fully saturated rings. The van der Waals surface area contributed by atoms with Gasteiger partial charge in [-0.2, -0.15) is 10.4 Å². The van der Waals surface area contributed by atoms with Crippen molar-refractivity contribution in [2.45, 2.75) is 32.2 Å². The Balaban J connectivity index is 1.65. The Morgan fingerprint density at radius 2 is 2.13 bits per heavy atom. The molecule has 9 nitrogen and oxygen atoms in total. The van der Waals surface area contributed by atoms with E-state index < -0.39 is 0 Å². The predicted octanol–water partition coefficient (Wildman–Crippen LogP) is 1.38. The molecular formula is C21H27N7O2. The van der Waals surface area contributed by atoms with Crippen molar-refractivity contribution in [1.29, 1.82) is 5.26 Å². The summed E-state index contributed by atoms with van der Waals surface area (Å²) in [7, 11) is 3.47. The van der Waals surface area contributed by atoms with Crippen molar-refractivity contribution in [3.05, 3.63) is 23.7 Å². The van der Waals surface area contributed by atoms with Gasteiger partial charge in [-0.3, -0.25) is 9.48 Å². The molecule has 0 radical (unpaired) electrons. The second-order valence-corrected chi connectivity index (χ2v) is 8.05. The summed E-state index contributed by atoms with van der Waals surface area (Å²) in [6.45, 7) is 4.54. The summed E-state index contributed by atoms with van der Waals surface area (Å²) in [6.07, 6.45) is 6.12. The molecular weight excluding hydrogens is 382 g/mol. The van der Waals surface area contributed by atoms with E-state index in [1.165, 1.54) is 0 Å².